The molecule has 0 bridgehead atoms. The predicted molar refractivity (Wildman–Crippen MR) is 97.8 cm³/mol. The summed E-state index contributed by atoms with van der Waals surface area (Å²) in [6.45, 7) is 9.51. The van der Waals surface area contributed by atoms with Gasteiger partial charge in [-0.2, -0.15) is 0 Å². The molecule has 0 spiro atoms. The summed E-state index contributed by atoms with van der Waals surface area (Å²) in [5, 5.41) is 0. The Bertz CT molecular complexity index is 302. The molecule has 5 heteroatoms. The summed E-state index contributed by atoms with van der Waals surface area (Å²) in [5.74, 6) is 0.286. The Labute approximate surface area is 165 Å². The average Bonchev–Trinajstić information content (AvgIpc) is 2.60. The van der Waals surface area contributed by atoms with Crippen molar-refractivity contribution in [3.8, 4) is 0 Å². The van der Waals surface area contributed by atoms with Gasteiger partial charge in [-0.3, -0.25) is 9.59 Å². The Morgan fingerprint density at radius 1 is 0.720 bits per heavy atom. The van der Waals surface area contributed by atoms with E-state index < -0.39 is 0 Å². The fraction of sp³-hybridized carbons (Fsp3) is 0.900. The number of esters is 2. The van der Waals surface area contributed by atoms with E-state index in [9.17, 15) is 9.59 Å². The first kappa shape index (κ1) is 26.7. The van der Waals surface area contributed by atoms with E-state index in [1.165, 1.54) is 12.8 Å². The molecule has 0 rings (SSSR count). The van der Waals surface area contributed by atoms with Crippen molar-refractivity contribution < 1.29 is 35.8 Å². The molecule has 0 amide bonds. The van der Waals surface area contributed by atoms with Crippen LogP contribution in [0.4, 0.5) is 0 Å². The summed E-state index contributed by atoms with van der Waals surface area (Å²) < 4.78 is 10.6. The monoisotopic (exact) mass is 401 g/mol. The number of carbonyl (C=O) groups excluding carboxylic acids is 2. The molecule has 0 saturated heterocycles. The number of hydrogen-bond acceptors (Lipinski definition) is 4. The number of rotatable bonds is 15. The van der Waals surface area contributed by atoms with Gasteiger partial charge in [0.15, 0.2) is 0 Å². The Morgan fingerprint density at radius 3 is 1.36 bits per heavy atom. The normalized spacial score (nSPS) is 12.8. The molecule has 0 aromatic rings. The van der Waals surface area contributed by atoms with Gasteiger partial charge in [0.2, 0.25) is 0 Å². The van der Waals surface area contributed by atoms with Gasteiger partial charge in [-0.05, 0) is 24.7 Å². The third kappa shape index (κ3) is 15.4. The molecule has 2 unspecified atom stereocenters. The zero-order valence-corrected chi connectivity index (χ0v) is 17.6. The van der Waals surface area contributed by atoms with Gasteiger partial charge in [0, 0.05) is 16.8 Å². The molecule has 151 valence electrons. The van der Waals surface area contributed by atoms with Gasteiger partial charge >= 0.3 is 11.9 Å². The van der Waals surface area contributed by atoms with Crippen molar-refractivity contribution in [3.63, 3.8) is 0 Å². The van der Waals surface area contributed by atoms with Gasteiger partial charge in [0.1, 0.15) is 0 Å². The van der Waals surface area contributed by atoms with Crippen molar-refractivity contribution in [2.75, 3.05) is 13.2 Å². The van der Waals surface area contributed by atoms with E-state index in [4.69, 9.17) is 9.47 Å². The molecule has 0 N–H and O–H groups in total. The van der Waals surface area contributed by atoms with E-state index in [1.54, 1.807) is 0 Å². The minimum Gasteiger partial charge on any atom is -0.465 e. The molecule has 4 nitrogen and oxygen atoms in total. The Kier molecular flexibility index (Phi) is 19.5. The Hall–Kier alpha value is -0.554. The fourth-order valence-corrected chi connectivity index (χ4v) is 2.57. The van der Waals surface area contributed by atoms with E-state index in [-0.39, 0.29) is 41.6 Å². The summed E-state index contributed by atoms with van der Waals surface area (Å²) >= 11 is 0. The van der Waals surface area contributed by atoms with Crippen LogP contribution in [-0.4, -0.2) is 25.2 Å². The van der Waals surface area contributed by atoms with E-state index in [1.807, 2.05) is 0 Å². The van der Waals surface area contributed by atoms with E-state index in [2.05, 4.69) is 27.7 Å². The van der Waals surface area contributed by atoms with Gasteiger partial charge in [-0.15, -0.1) is 0 Å². The van der Waals surface area contributed by atoms with Crippen LogP contribution in [0.15, 0.2) is 0 Å². The maximum absolute atomic E-state index is 11.7. The number of unbranched alkanes of at least 4 members (excludes halogenated alkanes) is 2. The van der Waals surface area contributed by atoms with E-state index in [0.717, 1.165) is 38.5 Å². The molecule has 0 aliphatic carbocycles. The quantitative estimate of drug-likeness (QED) is 0.350. The van der Waals surface area contributed by atoms with Crippen LogP contribution in [0.2, 0.25) is 0 Å². The molecule has 25 heavy (non-hydrogen) atoms. The maximum atomic E-state index is 11.7. The molecule has 1 radical (unpaired) electrons. The topological polar surface area (TPSA) is 52.6 Å². The minimum atomic E-state index is -0.292. The molecule has 2 atom stereocenters. The summed E-state index contributed by atoms with van der Waals surface area (Å²) in [5.41, 5.74) is 0. The molecule has 0 aromatic carbocycles. The third-order valence-electron chi connectivity index (χ3n) is 4.58. The molecule has 0 heterocycles. The SMILES string of the molecule is CCCCC(CC)COC(=O)CCC(=O)OCC(CC)CCCC.[Co]. The molecule has 0 saturated carbocycles. The third-order valence-corrected chi connectivity index (χ3v) is 4.58. The smallest absolute Gasteiger partial charge is 0.306 e. The molecule has 0 fully saturated rings. The first-order chi connectivity index (χ1) is 11.6. The van der Waals surface area contributed by atoms with Crippen LogP contribution < -0.4 is 0 Å². The van der Waals surface area contributed by atoms with E-state index in [0.29, 0.717) is 25.0 Å². The van der Waals surface area contributed by atoms with Gasteiger partial charge in [0.05, 0.1) is 26.1 Å². The van der Waals surface area contributed by atoms with Crippen molar-refractivity contribution in [1.82, 2.24) is 0 Å². The maximum Gasteiger partial charge on any atom is 0.306 e. The van der Waals surface area contributed by atoms with Crippen molar-refractivity contribution in [2.45, 2.75) is 91.9 Å². The van der Waals surface area contributed by atoms with Gasteiger partial charge in [-0.1, -0.05) is 66.2 Å². The Balaban J connectivity index is 0. The fourth-order valence-electron chi connectivity index (χ4n) is 2.57. The molecule has 0 aliphatic rings. The van der Waals surface area contributed by atoms with Crippen LogP contribution >= 0.6 is 0 Å². The van der Waals surface area contributed by atoms with Crippen LogP contribution in [0.3, 0.4) is 0 Å². The standard InChI is InChI=1S/C20H38O4.Co/c1-5-9-11-17(7-3)15-23-19(21)13-14-20(22)24-16-18(8-4)12-10-6-2;/h17-18H,5-16H2,1-4H3;. The minimum absolute atomic E-state index is 0. The van der Waals surface area contributed by atoms with Gasteiger partial charge in [0.25, 0.3) is 0 Å². The Morgan fingerprint density at radius 2 is 1.08 bits per heavy atom. The number of hydrogen-bond donors (Lipinski definition) is 0. The zero-order valence-electron chi connectivity index (χ0n) is 16.6. The summed E-state index contributed by atoms with van der Waals surface area (Å²) in [4.78, 5) is 23.5. The average molecular weight is 401 g/mol. The number of ether oxygens (including phenoxy) is 2. The summed E-state index contributed by atoms with van der Waals surface area (Å²) in [7, 11) is 0. The van der Waals surface area contributed by atoms with Crippen LogP contribution in [0.1, 0.15) is 91.9 Å². The molecule has 0 aromatic heterocycles. The van der Waals surface area contributed by atoms with Crippen molar-refractivity contribution in [3.05, 3.63) is 0 Å². The van der Waals surface area contributed by atoms with Crippen LogP contribution in [0, 0.1) is 11.8 Å². The largest absolute Gasteiger partial charge is 0.465 e. The first-order valence-electron chi connectivity index (χ1n) is 9.88. The second-order valence-corrected chi connectivity index (χ2v) is 6.70. The van der Waals surface area contributed by atoms with Crippen LogP contribution in [-0.2, 0) is 35.8 Å². The van der Waals surface area contributed by atoms with Gasteiger partial charge < -0.3 is 9.47 Å². The predicted octanol–water partition coefficient (Wildman–Crippen LogP) is 5.28. The molecular formula is C20H38CoO4. The summed E-state index contributed by atoms with van der Waals surface area (Å²) in [6, 6.07) is 0. The second kappa shape index (κ2) is 18.2. The van der Waals surface area contributed by atoms with Gasteiger partial charge in [-0.25, -0.2) is 0 Å². The molecular weight excluding hydrogens is 363 g/mol. The van der Waals surface area contributed by atoms with Crippen molar-refractivity contribution >= 4 is 11.9 Å². The van der Waals surface area contributed by atoms with Crippen LogP contribution in [0.5, 0.6) is 0 Å². The summed E-state index contributed by atoms with van der Waals surface area (Å²) in [6.07, 6.45) is 9.12. The van der Waals surface area contributed by atoms with Crippen molar-refractivity contribution in [2.24, 2.45) is 11.8 Å². The first-order valence-corrected chi connectivity index (χ1v) is 9.88. The number of carbonyl (C=O) groups is 2. The van der Waals surface area contributed by atoms with E-state index >= 15 is 0 Å². The second-order valence-electron chi connectivity index (χ2n) is 6.70. The van der Waals surface area contributed by atoms with Crippen LogP contribution in [0.25, 0.3) is 0 Å². The zero-order chi connectivity index (χ0) is 18.2. The molecule has 0 aliphatic heterocycles. The van der Waals surface area contributed by atoms with Crippen molar-refractivity contribution in [1.29, 1.82) is 0 Å².